The van der Waals surface area contributed by atoms with Crippen LogP contribution in [0.25, 0.3) is 5.69 Å². The number of piperidine rings is 1. The molecule has 4 aromatic rings. The molecule has 1 amide bonds. The average molecular weight is 664 g/mol. The molecular formula is C34H36F3N7O4. The lowest BCUT2D eigenvalue weighted by Crippen LogP contribution is -2.42. The highest BCUT2D eigenvalue weighted by Crippen LogP contribution is 2.33. The van der Waals surface area contributed by atoms with Gasteiger partial charge in [-0.25, -0.2) is 32.5 Å². The van der Waals surface area contributed by atoms with Crippen LogP contribution in [0.3, 0.4) is 0 Å². The Hall–Kier alpha value is -4.82. The summed E-state index contributed by atoms with van der Waals surface area (Å²) in [4.78, 5) is 53.0. The number of amides is 1. The van der Waals surface area contributed by atoms with Crippen molar-refractivity contribution < 1.29 is 22.7 Å². The molecule has 0 atom stereocenters. The Labute approximate surface area is 274 Å². The van der Waals surface area contributed by atoms with Gasteiger partial charge in [0, 0.05) is 49.6 Å². The van der Waals surface area contributed by atoms with Gasteiger partial charge in [-0.1, -0.05) is 0 Å². The molecule has 11 nitrogen and oxygen atoms in total. The summed E-state index contributed by atoms with van der Waals surface area (Å²) in [6, 6.07) is 5.64. The van der Waals surface area contributed by atoms with Gasteiger partial charge in [0.2, 0.25) is 5.88 Å². The number of hydrogen-bond donors (Lipinski definition) is 1. The van der Waals surface area contributed by atoms with Crippen LogP contribution in [0.4, 0.5) is 18.9 Å². The Morgan fingerprint density at radius 3 is 2.46 bits per heavy atom. The third kappa shape index (κ3) is 6.90. The fourth-order valence-corrected chi connectivity index (χ4v) is 6.14. The predicted molar refractivity (Wildman–Crippen MR) is 172 cm³/mol. The molecule has 0 unspecified atom stereocenters. The second-order valence-corrected chi connectivity index (χ2v) is 12.6. The third-order valence-electron chi connectivity index (χ3n) is 8.88. The zero-order valence-electron chi connectivity index (χ0n) is 26.9. The molecule has 1 fully saturated rings. The van der Waals surface area contributed by atoms with Crippen LogP contribution >= 0.6 is 0 Å². The predicted octanol–water partition coefficient (Wildman–Crippen LogP) is 4.53. The van der Waals surface area contributed by atoms with Gasteiger partial charge in [-0.05, 0) is 83.4 Å². The van der Waals surface area contributed by atoms with Crippen LogP contribution in [0.5, 0.6) is 11.6 Å². The summed E-state index contributed by atoms with van der Waals surface area (Å²) in [7, 11) is 2.14. The quantitative estimate of drug-likeness (QED) is 0.293. The van der Waals surface area contributed by atoms with E-state index in [2.05, 4.69) is 32.1 Å². The smallest absolute Gasteiger partial charge is 0.335 e. The van der Waals surface area contributed by atoms with E-state index in [9.17, 15) is 18.8 Å². The second kappa shape index (κ2) is 13.7. The highest BCUT2D eigenvalue weighted by molar-refractivity contribution is 6.04. The Bertz CT molecular complexity index is 1950. The summed E-state index contributed by atoms with van der Waals surface area (Å²) in [6.45, 7) is 7.84. The first-order valence-electron chi connectivity index (χ1n) is 15.8. The van der Waals surface area contributed by atoms with Crippen molar-refractivity contribution in [3.05, 3.63) is 104 Å². The number of benzene rings is 2. The van der Waals surface area contributed by atoms with Gasteiger partial charge in [-0.15, -0.1) is 0 Å². The minimum Gasteiger partial charge on any atom is -0.435 e. The van der Waals surface area contributed by atoms with E-state index in [1.54, 1.807) is 13.8 Å². The average Bonchev–Trinajstić information content (AvgIpc) is 3.05. The molecule has 252 valence electrons. The highest BCUT2D eigenvalue weighted by atomic mass is 19.1. The number of carbonyl (C=O) groups excluding carboxylic acids is 1. The molecule has 2 aliphatic rings. The van der Waals surface area contributed by atoms with Crippen LogP contribution in [0.15, 0.2) is 58.5 Å². The summed E-state index contributed by atoms with van der Waals surface area (Å²) in [5.41, 5.74) is -1.29. The lowest BCUT2D eigenvalue weighted by molar-refractivity contribution is 0.102. The lowest BCUT2D eigenvalue weighted by atomic mass is 9.95. The molecule has 0 spiro atoms. The number of carbonyl (C=O) groups is 1. The molecule has 0 aliphatic carbocycles. The number of nitrogens with zero attached hydrogens (tertiary/aromatic N) is 6. The fraction of sp³-hybridized carbons (Fsp3) is 0.382. The van der Waals surface area contributed by atoms with Crippen molar-refractivity contribution >= 4 is 11.6 Å². The summed E-state index contributed by atoms with van der Waals surface area (Å²) >= 11 is 0. The number of nitrogens with one attached hydrogen (secondary N) is 1. The largest absolute Gasteiger partial charge is 0.435 e. The first-order chi connectivity index (χ1) is 23.0. The Kier molecular flexibility index (Phi) is 9.47. The van der Waals surface area contributed by atoms with Crippen LogP contribution in [-0.4, -0.2) is 68.0 Å². The van der Waals surface area contributed by atoms with E-state index in [0.29, 0.717) is 18.9 Å². The van der Waals surface area contributed by atoms with Crippen molar-refractivity contribution in [2.75, 3.05) is 38.5 Å². The summed E-state index contributed by atoms with van der Waals surface area (Å²) < 4.78 is 51.8. The number of rotatable bonds is 8. The molecule has 2 aromatic carbocycles. The Morgan fingerprint density at radius 1 is 1.02 bits per heavy atom. The first kappa shape index (κ1) is 33.1. The van der Waals surface area contributed by atoms with E-state index >= 15 is 8.78 Å². The van der Waals surface area contributed by atoms with Crippen LogP contribution in [0.2, 0.25) is 0 Å². The van der Waals surface area contributed by atoms with E-state index in [4.69, 9.17) is 4.74 Å². The first-order valence-corrected chi connectivity index (χ1v) is 15.8. The zero-order chi connectivity index (χ0) is 34.1. The number of anilines is 1. The number of hydrogen-bond acceptors (Lipinski definition) is 8. The van der Waals surface area contributed by atoms with Crippen LogP contribution < -0.4 is 21.3 Å². The maximum Gasteiger partial charge on any atom is 0.335 e. The summed E-state index contributed by atoms with van der Waals surface area (Å²) in [6.07, 6.45) is 5.29. The molecule has 14 heteroatoms. The molecule has 2 aromatic heterocycles. The van der Waals surface area contributed by atoms with Gasteiger partial charge in [-0.3, -0.25) is 19.1 Å². The molecular weight excluding hydrogens is 627 g/mol. The van der Waals surface area contributed by atoms with E-state index < -0.39 is 57.7 Å². The number of ether oxygens (including phenoxy) is 1. The lowest BCUT2D eigenvalue weighted by Gasteiger charge is -2.35. The molecule has 0 bridgehead atoms. The van der Waals surface area contributed by atoms with Crippen molar-refractivity contribution in [1.82, 2.24) is 28.9 Å². The van der Waals surface area contributed by atoms with E-state index in [1.807, 2.05) is 0 Å². The van der Waals surface area contributed by atoms with Gasteiger partial charge in [0.05, 0.1) is 17.1 Å². The van der Waals surface area contributed by atoms with Crippen LogP contribution in [0.1, 0.15) is 54.3 Å². The second-order valence-electron chi connectivity index (χ2n) is 12.6. The number of likely N-dealkylation sites (tertiary alicyclic amines) is 1. The normalized spacial score (nSPS) is 15.8. The SMILES string of the molecule is CC(C)n1cc(C(=O)Nc2cc(F)c(Oc3ncnc4c3CCN(CC3CCN(C)CC3)C4)cc2F)c(=O)n(-c2ccc(F)cc2)c1=O. The summed E-state index contributed by atoms with van der Waals surface area (Å²) in [5.74, 6) is -3.35. The fourth-order valence-electron chi connectivity index (χ4n) is 6.14. The van der Waals surface area contributed by atoms with E-state index in [1.165, 1.54) is 18.5 Å². The van der Waals surface area contributed by atoms with Crippen molar-refractivity contribution in [1.29, 1.82) is 0 Å². The van der Waals surface area contributed by atoms with Gasteiger partial charge in [-0.2, -0.15) is 0 Å². The van der Waals surface area contributed by atoms with E-state index in [-0.39, 0.29) is 11.6 Å². The molecule has 0 radical (unpaired) electrons. The van der Waals surface area contributed by atoms with Gasteiger partial charge in [0.1, 0.15) is 17.7 Å². The Morgan fingerprint density at radius 2 is 1.75 bits per heavy atom. The van der Waals surface area contributed by atoms with Crippen molar-refractivity contribution in [3.63, 3.8) is 0 Å². The molecule has 2 aliphatic heterocycles. The minimum atomic E-state index is -1.08. The third-order valence-corrected chi connectivity index (χ3v) is 8.88. The van der Waals surface area contributed by atoms with Gasteiger partial charge < -0.3 is 15.0 Å². The zero-order valence-corrected chi connectivity index (χ0v) is 26.9. The maximum absolute atomic E-state index is 15.3. The van der Waals surface area contributed by atoms with Crippen molar-refractivity contribution in [2.24, 2.45) is 5.92 Å². The van der Waals surface area contributed by atoms with Gasteiger partial charge in [0.25, 0.3) is 11.5 Å². The molecule has 6 rings (SSSR count). The van der Waals surface area contributed by atoms with Crippen molar-refractivity contribution in [2.45, 2.75) is 45.7 Å². The molecule has 4 heterocycles. The van der Waals surface area contributed by atoms with Crippen LogP contribution in [0, 0.1) is 23.4 Å². The Balaban J connectivity index is 1.21. The standard InChI is InChI=1S/C34H36F3N7O4/c1-20(2)43-17-25(33(46)44(34(43)47)23-6-4-22(35)5-7-23)31(45)40-28-14-27(37)30(15-26(28)36)48-32-24-10-13-42(18-29(24)38-19-39-32)16-21-8-11-41(3)12-9-21/h4-7,14-15,17,19-21H,8-13,16,18H2,1-3H3,(H,40,45). The number of halogens is 3. The van der Waals surface area contributed by atoms with Crippen molar-refractivity contribution in [3.8, 4) is 17.3 Å². The highest BCUT2D eigenvalue weighted by Gasteiger charge is 2.27. The summed E-state index contributed by atoms with van der Waals surface area (Å²) in [5, 5.41) is 2.23. The molecule has 1 saturated heterocycles. The van der Waals surface area contributed by atoms with Gasteiger partial charge in [0.15, 0.2) is 17.4 Å². The van der Waals surface area contributed by atoms with Crippen LogP contribution in [-0.2, 0) is 13.0 Å². The van der Waals surface area contributed by atoms with Gasteiger partial charge >= 0.3 is 5.69 Å². The number of fused-ring (bicyclic) bond motifs is 1. The molecule has 48 heavy (non-hydrogen) atoms. The monoisotopic (exact) mass is 663 g/mol. The minimum absolute atomic E-state index is 0.0334. The molecule has 0 saturated carbocycles. The maximum atomic E-state index is 15.3. The number of aromatic nitrogens is 4. The topological polar surface area (TPSA) is 115 Å². The van der Waals surface area contributed by atoms with E-state index in [0.717, 1.165) is 89.9 Å². The molecule has 1 N–H and O–H groups in total.